The summed E-state index contributed by atoms with van der Waals surface area (Å²) in [6.07, 6.45) is 28.2. The molecule has 0 aromatic heterocycles. The molecule has 0 spiro atoms. The van der Waals surface area contributed by atoms with E-state index in [-0.39, 0.29) is 17.6 Å². The summed E-state index contributed by atoms with van der Waals surface area (Å²) in [7, 11) is 0. The molecule has 2 aliphatic carbocycles. The van der Waals surface area contributed by atoms with Crippen molar-refractivity contribution in [1.29, 1.82) is 0 Å². The lowest BCUT2D eigenvalue weighted by atomic mass is 9.65. The predicted molar refractivity (Wildman–Crippen MR) is 89.1 cm³/mol. The average molecular weight is 290 g/mol. The number of hydrogen-bond donors (Lipinski definition) is 0. The topological polar surface area (TPSA) is 17.1 Å². The van der Waals surface area contributed by atoms with Gasteiger partial charge in [0.25, 0.3) is 0 Å². The SMILES string of the molecule is C#CCC1(CC#C)C(=O)C(CC#C)(CC#C)[C@H]2CCCC[C@H]21. The minimum Gasteiger partial charge on any atom is -0.298 e. The standard InChI is InChI=1S/C21H22O/c1-5-13-20(14-6-2)17-11-9-10-12-18(17)21(15-7-3,16-8-4)19(20)22/h1-4,17-18H,9-16H2/t17-,18+. The smallest absolute Gasteiger partial charge is 0.149 e. The molecular weight excluding hydrogens is 268 g/mol. The molecule has 0 aromatic rings. The molecule has 2 aliphatic rings. The second-order valence-corrected chi connectivity index (χ2v) is 6.66. The Hall–Kier alpha value is -2.09. The Kier molecular flexibility index (Phi) is 4.70. The van der Waals surface area contributed by atoms with E-state index < -0.39 is 10.8 Å². The first-order valence-corrected chi connectivity index (χ1v) is 7.91. The zero-order valence-corrected chi connectivity index (χ0v) is 13.0. The molecule has 0 heterocycles. The highest BCUT2D eigenvalue weighted by Gasteiger charge is 2.65. The summed E-state index contributed by atoms with van der Waals surface area (Å²) >= 11 is 0. The number of rotatable bonds is 4. The summed E-state index contributed by atoms with van der Waals surface area (Å²) in [4.78, 5) is 13.5. The van der Waals surface area contributed by atoms with Crippen LogP contribution in [-0.4, -0.2) is 5.78 Å². The summed E-state index contributed by atoms with van der Waals surface area (Å²) < 4.78 is 0. The van der Waals surface area contributed by atoms with Gasteiger partial charge in [-0.3, -0.25) is 4.79 Å². The monoisotopic (exact) mass is 290 g/mol. The van der Waals surface area contributed by atoms with Crippen molar-refractivity contribution in [3.05, 3.63) is 0 Å². The van der Waals surface area contributed by atoms with E-state index in [2.05, 4.69) is 23.7 Å². The summed E-state index contributed by atoms with van der Waals surface area (Å²) in [5.41, 5.74) is -1.25. The van der Waals surface area contributed by atoms with Crippen LogP contribution in [0.25, 0.3) is 0 Å². The highest BCUT2D eigenvalue weighted by atomic mass is 16.1. The lowest BCUT2D eigenvalue weighted by Crippen LogP contribution is -2.37. The van der Waals surface area contributed by atoms with Gasteiger partial charge in [0.05, 0.1) is 10.8 Å². The Labute approximate surface area is 134 Å². The van der Waals surface area contributed by atoms with Gasteiger partial charge >= 0.3 is 0 Å². The molecule has 2 rings (SSSR count). The van der Waals surface area contributed by atoms with Gasteiger partial charge in [-0.2, -0.15) is 0 Å². The van der Waals surface area contributed by atoms with E-state index in [0.717, 1.165) is 25.7 Å². The predicted octanol–water partition coefficient (Wildman–Crippen LogP) is 3.44. The molecule has 2 atom stereocenters. The normalized spacial score (nSPS) is 27.7. The lowest BCUT2D eigenvalue weighted by Gasteiger charge is -2.38. The van der Waals surface area contributed by atoms with Gasteiger partial charge in [-0.05, 0) is 24.7 Å². The number of carbonyl (C=O) groups excluding carboxylic acids is 1. The Morgan fingerprint density at radius 3 is 1.36 bits per heavy atom. The molecule has 0 aliphatic heterocycles. The summed E-state index contributed by atoms with van der Waals surface area (Å²) in [5, 5.41) is 0. The van der Waals surface area contributed by atoms with E-state index in [9.17, 15) is 4.79 Å². The number of fused-ring (bicyclic) bond motifs is 1. The molecule has 2 saturated carbocycles. The first-order chi connectivity index (χ1) is 10.6. The van der Waals surface area contributed by atoms with Gasteiger partial charge in [0, 0.05) is 25.7 Å². The van der Waals surface area contributed by atoms with Crippen LogP contribution in [0, 0.1) is 72.0 Å². The highest BCUT2D eigenvalue weighted by molar-refractivity contribution is 5.94. The van der Waals surface area contributed by atoms with Gasteiger partial charge in [0.2, 0.25) is 0 Å². The first kappa shape index (κ1) is 16.3. The molecule has 0 aromatic carbocycles. The van der Waals surface area contributed by atoms with Crippen molar-refractivity contribution in [3.63, 3.8) is 0 Å². The molecule has 1 nitrogen and oxygen atoms in total. The molecule has 1 heteroatoms. The molecule has 0 N–H and O–H groups in total. The van der Waals surface area contributed by atoms with Gasteiger partial charge in [0.1, 0.15) is 5.78 Å². The van der Waals surface area contributed by atoms with Gasteiger partial charge in [-0.1, -0.05) is 12.8 Å². The average Bonchev–Trinajstić information content (AvgIpc) is 2.70. The molecule has 112 valence electrons. The zero-order chi connectivity index (χ0) is 16.2. The highest BCUT2D eigenvalue weighted by Crippen LogP contribution is 2.64. The third-order valence-corrected chi connectivity index (χ3v) is 5.76. The second-order valence-electron chi connectivity index (χ2n) is 6.66. The van der Waals surface area contributed by atoms with Crippen molar-refractivity contribution in [2.24, 2.45) is 22.7 Å². The number of hydrogen-bond acceptors (Lipinski definition) is 1. The fraction of sp³-hybridized carbons (Fsp3) is 0.571. The molecule has 0 unspecified atom stereocenters. The van der Waals surface area contributed by atoms with Gasteiger partial charge in [-0.25, -0.2) is 0 Å². The summed E-state index contributed by atoms with van der Waals surface area (Å²) in [6, 6.07) is 0. The summed E-state index contributed by atoms with van der Waals surface area (Å²) in [5.74, 6) is 11.4. The van der Waals surface area contributed by atoms with Gasteiger partial charge in [0.15, 0.2) is 0 Å². The van der Waals surface area contributed by atoms with Crippen LogP contribution >= 0.6 is 0 Å². The van der Waals surface area contributed by atoms with Crippen LogP contribution in [0.3, 0.4) is 0 Å². The molecule has 0 saturated heterocycles. The van der Waals surface area contributed by atoms with Crippen LogP contribution in [0.5, 0.6) is 0 Å². The number of terminal acetylenes is 4. The van der Waals surface area contributed by atoms with Crippen LogP contribution in [-0.2, 0) is 4.79 Å². The van der Waals surface area contributed by atoms with E-state index >= 15 is 0 Å². The minimum absolute atomic E-state index is 0.142. The largest absolute Gasteiger partial charge is 0.298 e. The fourth-order valence-corrected chi connectivity index (χ4v) is 4.99. The molecule has 0 bridgehead atoms. The van der Waals surface area contributed by atoms with Crippen LogP contribution in [0.15, 0.2) is 0 Å². The second kappa shape index (κ2) is 6.35. The Morgan fingerprint density at radius 2 is 1.09 bits per heavy atom. The van der Waals surface area contributed by atoms with Crippen molar-refractivity contribution in [2.75, 3.05) is 0 Å². The van der Waals surface area contributed by atoms with Crippen LogP contribution in [0.1, 0.15) is 51.4 Å². The minimum atomic E-state index is -0.623. The lowest BCUT2D eigenvalue weighted by molar-refractivity contribution is -0.134. The van der Waals surface area contributed by atoms with E-state index in [1.165, 1.54) is 0 Å². The van der Waals surface area contributed by atoms with E-state index in [1.807, 2.05) is 0 Å². The Morgan fingerprint density at radius 1 is 0.773 bits per heavy atom. The van der Waals surface area contributed by atoms with Crippen molar-refractivity contribution in [3.8, 4) is 49.4 Å². The fourth-order valence-electron chi connectivity index (χ4n) is 4.99. The van der Waals surface area contributed by atoms with Crippen molar-refractivity contribution in [1.82, 2.24) is 0 Å². The third-order valence-electron chi connectivity index (χ3n) is 5.76. The van der Waals surface area contributed by atoms with E-state index in [1.54, 1.807) is 0 Å². The first-order valence-electron chi connectivity index (χ1n) is 7.91. The van der Waals surface area contributed by atoms with Crippen molar-refractivity contribution < 1.29 is 4.79 Å². The number of ketones is 1. The van der Waals surface area contributed by atoms with Crippen LogP contribution < -0.4 is 0 Å². The maximum Gasteiger partial charge on any atom is 0.149 e. The quantitative estimate of drug-likeness (QED) is 0.725. The Bertz CT molecular complexity index is 524. The maximum atomic E-state index is 13.5. The van der Waals surface area contributed by atoms with E-state index in [0.29, 0.717) is 25.7 Å². The zero-order valence-electron chi connectivity index (χ0n) is 13.0. The molecule has 0 amide bonds. The molecular formula is C21H22O. The third kappa shape index (κ3) is 2.14. The Balaban J connectivity index is 2.61. The van der Waals surface area contributed by atoms with E-state index in [4.69, 9.17) is 25.7 Å². The number of Topliss-reactive ketones (excluding diaryl/α,β-unsaturated/α-hetero) is 1. The van der Waals surface area contributed by atoms with Gasteiger partial charge < -0.3 is 0 Å². The molecule has 2 fully saturated rings. The number of carbonyl (C=O) groups is 1. The maximum absolute atomic E-state index is 13.5. The van der Waals surface area contributed by atoms with Crippen molar-refractivity contribution in [2.45, 2.75) is 51.4 Å². The van der Waals surface area contributed by atoms with Gasteiger partial charge in [-0.15, -0.1) is 49.4 Å². The van der Waals surface area contributed by atoms with Crippen LogP contribution in [0.4, 0.5) is 0 Å². The molecule has 0 radical (unpaired) electrons. The summed E-state index contributed by atoms with van der Waals surface area (Å²) in [6.45, 7) is 0. The molecule has 22 heavy (non-hydrogen) atoms. The van der Waals surface area contributed by atoms with Crippen molar-refractivity contribution >= 4 is 5.78 Å². The van der Waals surface area contributed by atoms with Crippen LogP contribution in [0.2, 0.25) is 0 Å².